The maximum atomic E-state index is 12.5. The van der Waals surface area contributed by atoms with Gasteiger partial charge >= 0.3 is 0 Å². The fourth-order valence-electron chi connectivity index (χ4n) is 2.35. The molecule has 6 nitrogen and oxygen atoms in total. The summed E-state index contributed by atoms with van der Waals surface area (Å²) in [5, 5.41) is 13.4. The van der Waals surface area contributed by atoms with Gasteiger partial charge in [0.25, 0.3) is 5.91 Å². The molecular weight excluding hydrogens is 270 g/mol. The van der Waals surface area contributed by atoms with Crippen molar-refractivity contribution in [1.29, 1.82) is 0 Å². The highest BCUT2D eigenvalue weighted by molar-refractivity contribution is 6.39. The molecule has 1 aliphatic rings. The maximum Gasteiger partial charge on any atom is 0.270 e. The molecule has 0 saturated heterocycles. The summed E-state index contributed by atoms with van der Waals surface area (Å²) >= 11 is 0. The molecule has 6 heteroatoms. The van der Waals surface area contributed by atoms with Gasteiger partial charge in [0.2, 0.25) is 5.91 Å². The summed E-state index contributed by atoms with van der Waals surface area (Å²) in [6.07, 6.45) is 0.635. The maximum absolute atomic E-state index is 12.5. The molecule has 1 atom stereocenters. The first kappa shape index (κ1) is 15.0. The van der Waals surface area contributed by atoms with Gasteiger partial charge < -0.3 is 10.0 Å². The van der Waals surface area contributed by atoms with Crippen LogP contribution in [0.4, 0.5) is 0 Å². The van der Waals surface area contributed by atoms with Crippen LogP contribution in [-0.4, -0.2) is 34.1 Å². The number of rotatable bonds is 4. The monoisotopic (exact) mass is 289 g/mol. The quantitative estimate of drug-likeness (QED) is 0.882. The van der Waals surface area contributed by atoms with Crippen LogP contribution in [0, 0.1) is 0 Å². The topological polar surface area (TPSA) is 82.0 Å². The van der Waals surface area contributed by atoms with Crippen molar-refractivity contribution in [2.75, 3.05) is 6.54 Å². The highest BCUT2D eigenvalue weighted by atomic mass is 16.3. The fourth-order valence-corrected chi connectivity index (χ4v) is 2.35. The van der Waals surface area contributed by atoms with Crippen molar-refractivity contribution >= 4 is 17.5 Å². The van der Waals surface area contributed by atoms with Crippen molar-refractivity contribution in [1.82, 2.24) is 10.3 Å². The van der Waals surface area contributed by atoms with Gasteiger partial charge in [-0.2, -0.15) is 5.10 Å². The largest absolute Gasteiger partial charge is 0.508 e. The van der Waals surface area contributed by atoms with Crippen LogP contribution in [0.3, 0.4) is 0 Å². The molecule has 0 aromatic heterocycles. The number of aromatic hydroxyl groups is 1. The standard InChI is InChI=1S/C15H19N3O3/c1-3-18(10(2)11-5-4-6-12(19)9-11)15(21)13-7-8-14(20)17-16-13/h4-6,9-10,19H,3,7-8H2,1-2H3,(H,17,20). The van der Waals surface area contributed by atoms with Gasteiger partial charge in [0.05, 0.1) is 6.04 Å². The van der Waals surface area contributed by atoms with E-state index in [4.69, 9.17) is 0 Å². The van der Waals surface area contributed by atoms with E-state index < -0.39 is 0 Å². The van der Waals surface area contributed by atoms with Crippen molar-refractivity contribution in [3.63, 3.8) is 0 Å². The Hall–Kier alpha value is -2.37. The number of hydrogen-bond acceptors (Lipinski definition) is 4. The van der Waals surface area contributed by atoms with Crippen LogP contribution in [0.2, 0.25) is 0 Å². The summed E-state index contributed by atoms with van der Waals surface area (Å²) < 4.78 is 0. The van der Waals surface area contributed by atoms with E-state index in [-0.39, 0.29) is 30.0 Å². The minimum atomic E-state index is -0.187. The molecule has 1 unspecified atom stereocenters. The summed E-state index contributed by atoms with van der Waals surface area (Å²) in [5.74, 6) is -0.186. The van der Waals surface area contributed by atoms with Crippen LogP contribution in [-0.2, 0) is 9.59 Å². The molecule has 1 heterocycles. The average molecular weight is 289 g/mol. The van der Waals surface area contributed by atoms with Crippen LogP contribution >= 0.6 is 0 Å². The Morgan fingerprint density at radius 2 is 2.24 bits per heavy atom. The Labute approximate surface area is 123 Å². The number of carbonyl (C=O) groups excluding carboxylic acids is 2. The molecule has 0 fully saturated rings. The summed E-state index contributed by atoms with van der Waals surface area (Å²) in [4.78, 5) is 25.3. The zero-order valence-corrected chi connectivity index (χ0v) is 12.2. The zero-order valence-electron chi connectivity index (χ0n) is 12.2. The van der Waals surface area contributed by atoms with E-state index in [2.05, 4.69) is 10.5 Å². The first-order valence-electron chi connectivity index (χ1n) is 6.98. The molecule has 1 aliphatic heterocycles. The lowest BCUT2D eigenvalue weighted by molar-refractivity contribution is -0.126. The van der Waals surface area contributed by atoms with Crippen molar-refractivity contribution in [2.24, 2.45) is 5.10 Å². The van der Waals surface area contributed by atoms with Gasteiger partial charge in [0, 0.05) is 19.4 Å². The Bertz CT molecular complexity index is 583. The van der Waals surface area contributed by atoms with Gasteiger partial charge in [0.1, 0.15) is 11.5 Å². The number of carbonyl (C=O) groups is 2. The lowest BCUT2D eigenvalue weighted by Gasteiger charge is -2.29. The van der Waals surface area contributed by atoms with Gasteiger partial charge in [-0.1, -0.05) is 12.1 Å². The molecular formula is C15H19N3O3. The second-order valence-corrected chi connectivity index (χ2v) is 4.96. The SMILES string of the molecule is CCN(C(=O)C1=NNC(=O)CC1)C(C)c1cccc(O)c1. The highest BCUT2D eigenvalue weighted by Gasteiger charge is 2.26. The summed E-state index contributed by atoms with van der Waals surface area (Å²) in [7, 11) is 0. The van der Waals surface area contributed by atoms with Crippen LogP contribution in [0.1, 0.15) is 38.3 Å². The third kappa shape index (κ3) is 3.39. The van der Waals surface area contributed by atoms with Crippen LogP contribution in [0.5, 0.6) is 5.75 Å². The Morgan fingerprint density at radius 3 is 2.81 bits per heavy atom. The normalized spacial score (nSPS) is 15.9. The molecule has 2 N–H and O–H groups in total. The van der Waals surface area contributed by atoms with Crippen molar-refractivity contribution in [2.45, 2.75) is 32.7 Å². The fraction of sp³-hybridized carbons (Fsp3) is 0.400. The second-order valence-electron chi connectivity index (χ2n) is 4.96. The van der Waals surface area contributed by atoms with E-state index in [1.165, 1.54) is 0 Å². The minimum absolute atomic E-state index is 0.171. The van der Waals surface area contributed by atoms with Gasteiger partial charge in [-0.05, 0) is 31.5 Å². The third-order valence-electron chi connectivity index (χ3n) is 3.57. The van der Waals surface area contributed by atoms with Crippen LogP contribution in [0.25, 0.3) is 0 Å². The van der Waals surface area contributed by atoms with Crippen LogP contribution in [0.15, 0.2) is 29.4 Å². The number of nitrogens with zero attached hydrogens (tertiary/aromatic N) is 2. The number of phenolic OH excluding ortho intramolecular Hbond substituents is 1. The molecule has 1 aromatic rings. The smallest absolute Gasteiger partial charge is 0.270 e. The number of benzene rings is 1. The summed E-state index contributed by atoms with van der Waals surface area (Å²) in [6.45, 7) is 4.31. The lowest BCUT2D eigenvalue weighted by Crippen LogP contribution is -2.41. The number of hydrogen-bond donors (Lipinski definition) is 2. The van der Waals surface area contributed by atoms with Crippen molar-refractivity contribution in [3.8, 4) is 5.75 Å². The van der Waals surface area contributed by atoms with E-state index in [1.807, 2.05) is 19.9 Å². The molecule has 112 valence electrons. The number of amides is 2. The van der Waals surface area contributed by atoms with Gasteiger partial charge in [0.15, 0.2) is 0 Å². The van der Waals surface area contributed by atoms with Gasteiger partial charge in [-0.15, -0.1) is 0 Å². The highest BCUT2D eigenvalue weighted by Crippen LogP contribution is 2.24. The molecule has 0 radical (unpaired) electrons. The predicted octanol–water partition coefficient (Wildman–Crippen LogP) is 1.57. The van der Waals surface area contributed by atoms with Gasteiger partial charge in [-0.3, -0.25) is 9.59 Å². The van der Waals surface area contributed by atoms with E-state index >= 15 is 0 Å². The molecule has 2 rings (SSSR count). The van der Waals surface area contributed by atoms with Crippen LogP contribution < -0.4 is 5.43 Å². The number of nitrogens with one attached hydrogen (secondary N) is 1. The lowest BCUT2D eigenvalue weighted by atomic mass is 10.0. The van der Waals surface area contributed by atoms with E-state index in [9.17, 15) is 14.7 Å². The zero-order chi connectivity index (χ0) is 15.4. The molecule has 0 bridgehead atoms. The van der Waals surface area contributed by atoms with Gasteiger partial charge in [-0.25, -0.2) is 5.43 Å². The Kier molecular flexibility index (Phi) is 4.57. The minimum Gasteiger partial charge on any atom is -0.508 e. The Morgan fingerprint density at radius 1 is 1.48 bits per heavy atom. The molecule has 1 aromatic carbocycles. The van der Waals surface area contributed by atoms with Crippen molar-refractivity contribution < 1.29 is 14.7 Å². The molecule has 0 spiro atoms. The summed E-state index contributed by atoms with van der Waals surface area (Å²) in [6, 6.07) is 6.66. The van der Waals surface area contributed by atoms with E-state index in [1.54, 1.807) is 23.1 Å². The molecule has 21 heavy (non-hydrogen) atoms. The number of hydrazone groups is 1. The predicted molar refractivity (Wildman–Crippen MR) is 78.7 cm³/mol. The van der Waals surface area contributed by atoms with Crippen molar-refractivity contribution in [3.05, 3.63) is 29.8 Å². The average Bonchev–Trinajstić information content (AvgIpc) is 2.48. The Balaban J connectivity index is 2.19. The first-order chi connectivity index (χ1) is 10.0. The molecule has 0 saturated carbocycles. The summed E-state index contributed by atoms with van der Waals surface area (Å²) in [5.41, 5.74) is 3.56. The molecule has 2 amide bonds. The second kappa shape index (κ2) is 6.39. The third-order valence-corrected chi connectivity index (χ3v) is 3.57. The van der Waals surface area contributed by atoms with E-state index in [0.29, 0.717) is 18.7 Å². The molecule has 0 aliphatic carbocycles. The first-order valence-corrected chi connectivity index (χ1v) is 6.98. The number of phenols is 1. The van der Waals surface area contributed by atoms with E-state index in [0.717, 1.165) is 5.56 Å².